The summed E-state index contributed by atoms with van der Waals surface area (Å²) >= 11 is 0. The Hall–Kier alpha value is -0.640. The van der Waals surface area contributed by atoms with E-state index in [9.17, 15) is 9.18 Å². The maximum absolute atomic E-state index is 13.2. The van der Waals surface area contributed by atoms with Crippen LogP contribution in [0, 0.1) is 11.3 Å². The highest BCUT2D eigenvalue weighted by Crippen LogP contribution is 2.60. The molecule has 0 aromatic rings. The van der Waals surface area contributed by atoms with E-state index in [-0.39, 0.29) is 23.3 Å². The molecule has 3 fully saturated rings. The number of hydrogen-bond donors (Lipinski definition) is 0. The second-order valence-electron chi connectivity index (χ2n) is 6.08. The number of ether oxygens (including phenoxy) is 1. The van der Waals surface area contributed by atoms with Gasteiger partial charge in [0.25, 0.3) is 0 Å². The molecule has 3 nitrogen and oxygen atoms in total. The standard InChI is InChI=1S/C14H22FNO2/c1-2-5-16(12-8-11(12)15)13(17)10-9-14(10)3-6-18-7-4-14/h10-12H,2-9H2,1H3. The molecule has 1 saturated heterocycles. The molecular formula is C14H22FNO2. The van der Waals surface area contributed by atoms with Crippen LogP contribution in [0.5, 0.6) is 0 Å². The molecule has 3 aliphatic rings. The van der Waals surface area contributed by atoms with E-state index in [0.29, 0.717) is 13.0 Å². The molecule has 3 atom stereocenters. The topological polar surface area (TPSA) is 29.5 Å². The highest BCUT2D eigenvalue weighted by atomic mass is 19.1. The number of carbonyl (C=O) groups excluding carboxylic acids is 1. The Kier molecular flexibility index (Phi) is 3.08. The number of halogens is 1. The van der Waals surface area contributed by atoms with Crippen molar-refractivity contribution >= 4 is 5.91 Å². The first kappa shape index (κ1) is 12.4. The fraction of sp³-hybridized carbons (Fsp3) is 0.929. The lowest BCUT2D eigenvalue weighted by molar-refractivity contribution is -0.135. The number of carbonyl (C=O) groups is 1. The summed E-state index contributed by atoms with van der Waals surface area (Å²) < 4.78 is 18.6. The van der Waals surface area contributed by atoms with Crippen molar-refractivity contribution in [1.82, 2.24) is 4.90 Å². The lowest BCUT2D eigenvalue weighted by atomic mass is 9.93. The summed E-state index contributed by atoms with van der Waals surface area (Å²) in [5, 5.41) is 0. The average Bonchev–Trinajstić information content (AvgIpc) is 3.26. The van der Waals surface area contributed by atoms with Crippen molar-refractivity contribution in [2.45, 2.75) is 51.2 Å². The number of nitrogens with zero attached hydrogens (tertiary/aromatic N) is 1. The molecule has 18 heavy (non-hydrogen) atoms. The number of alkyl halides is 1. The van der Waals surface area contributed by atoms with Gasteiger partial charge in [-0.2, -0.15) is 0 Å². The van der Waals surface area contributed by atoms with E-state index in [1.165, 1.54) is 0 Å². The quantitative estimate of drug-likeness (QED) is 0.770. The van der Waals surface area contributed by atoms with Gasteiger partial charge in [0.15, 0.2) is 0 Å². The van der Waals surface area contributed by atoms with Crippen molar-refractivity contribution in [3.63, 3.8) is 0 Å². The predicted octanol–water partition coefficient (Wildman–Crippen LogP) is 2.15. The van der Waals surface area contributed by atoms with Gasteiger partial charge in [0.2, 0.25) is 5.91 Å². The Morgan fingerprint density at radius 2 is 2.11 bits per heavy atom. The summed E-state index contributed by atoms with van der Waals surface area (Å²) in [4.78, 5) is 14.3. The second kappa shape index (κ2) is 4.48. The zero-order valence-electron chi connectivity index (χ0n) is 11.0. The minimum atomic E-state index is -0.773. The predicted molar refractivity (Wildman–Crippen MR) is 65.9 cm³/mol. The Bertz CT molecular complexity index is 341. The van der Waals surface area contributed by atoms with Crippen molar-refractivity contribution < 1.29 is 13.9 Å². The Labute approximate surface area is 108 Å². The van der Waals surface area contributed by atoms with Crippen molar-refractivity contribution in [2.75, 3.05) is 19.8 Å². The molecule has 0 N–H and O–H groups in total. The van der Waals surface area contributed by atoms with Gasteiger partial charge < -0.3 is 9.64 Å². The van der Waals surface area contributed by atoms with Gasteiger partial charge in [0, 0.05) is 32.1 Å². The molecule has 2 aliphatic carbocycles. The number of rotatable bonds is 4. The summed E-state index contributed by atoms with van der Waals surface area (Å²) in [5.41, 5.74) is 0.210. The maximum Gasteiger partial charge on any atom is 0.226 e. The molecule has 1 heterocycles. The zero-order valence-corrected chi connectivity index (χ0v) is 11.0. The van der Waals surface area contributed by atoms with Crippen molar-refractivity contribution in [1.29, 1.82) is 0 Å². The van der Waals surface area contributed by atoms with E-state index in [0.717, 1.165) is 38.9 Å². The summed E-state index contributed by atoms with van der Waals surface area (Å²) in [6.45, 7) is 4.33. The zero-order chi connectivity index (χ0) is 12.8. The van der Waals surface area contributed by atoms with Crippen molar-refractivity contribution in [3.8, 4) is 0 Å². The second-order valence-corrected chi connectivity index (χ2v) is 6.08. The van der Waals surface area contributed by atoms with Gasteiger partial charge in [-0.05, 0) is 31.1 Å². The fourth-order valence-corrected chi connectivity index (χ4v) is 3.38. The lowest BCUT2D eigenvalue weighted by Gasteiger charge is -2.26. The molecule has 1 spiro atoms. The van der Waals surface area contributed by atoms with Crippen LogP contribution >= 0.6 is 0 Å². The Balaban J connectivity index is 1.63. The number of hydrogen-bond acceptors (Lipinski definition) is 2. The van der Waals surface area contributed by atoms with Gasteiger partial charge in [-0.15, -0.1) is 0 Å². The van der Waals surface area contributed by atoms with Crippen LogP contribution in [0.15, 0.2) is 0 Å². The van der Waals surface area contributed by atoms with Crippen molar-refractivity contribution in [3.05, 3.63) is 0 Å². The molecule has 1 aliphatic heterocycles. The van der Waals surface area contributed by atoms with Crippen LogP contribution in [0.3, 0.4) is 0 Å². The Morgan fingerprint density at radius 1 is 1.44 bits per heavy atom. The SMILES string of the molecule is CCCN(C(=O)C1CC12CCOCC2)C1CC1F. The highest BCUT2D eigenvalue weighted by molar-refractivity contribution is 5.83. The van der Waals surface area contributed by atoms with Crippen LogP contribution in [0.2, 0.25) is 0 Å². The summed E-state index contributed by atoms with van der Waals surface area (Å²) in [5.74, 6) is 0.365. The fourth-order valence-electron chi connectivity index (χ4n) is 3.38. The molecule has 4 heteroatoms. The van der Waals surface area contributed by atoms with Crippen LogP contribution in [-0.2, 0) is 9.53 Å². The van der Waals surface area contributed by atoms with Crippen LogP contribution in [-0.4, -0.2) is 42.8 Å². The third-order valence-corrected chi connectivity index (χ3v) is 4.81. The molecule has 0 bridgehead atoms. The highest BCUT2D eigenvalue weighted by Gasteiger charge is 2.60. The van der Waals surface area contributed by atoms with E-state index in [1.54, 1.807) is 0 Å². The van der Waals surface area contributed by atoms with E-state index in [2.05, 4.69) is 0 Å². The van der Waals surface area contributed by atoms with Crippen LogP contribution in [0.4, 0.5) is 4.39 Å². The lowest BCUT2D eigenvalue weighted by Crippen LogP contribution is -2.38. The van der Waals surface area contributed by atoms with Gasteiger partial charge >= 0.3 is 0 Å². The third-order valence-electron chi connectivity index (χ3n) is 4.81. The molecule has 0 aromatic heterocycles. The molecule has 3 rings (SSSR count). The van der Waals surface area contributed by atoms with E-state index < -0.39 is 6.17 Å². The Morgan fingerprint density at radius 3 is 2.67 bits per heavy atom. The normalized spacial score (nSPS) is 36.4. The molecule has 102 valence electrons. The summed E-state index contributed by atoms with van der Waals surface area (Å²) in [6, 6.07) is -0.116. The largest absolute Gasteiger partial charge is 0.381 e. The molecule has 3 unspecified atom stereocenters. The van der Waals surface area contributed by atoms with Crippen molar-refractivity contribution in [2.24, 2.45) is 11.3 Å². The molecule has 1 amide bonds. The number of amides is 1. The van der Waals surface area contributed by atoms with Crippen LogP contribution in [0.1, 0.15) is 39.0 Å². The monoisotopic (exact) mass is 255 g/mol. The van der Waals surface area contributed by atoms with E-state index in [1.807, 2.05) is 11.8 Å². The van der Waals surface area contributed by atoms with E-state index in [4.69, 9.17) is 4.74 Å². The molecule has 2 saturated carbocycles. The minimum Gasteiger partial charge on any atom is -0.381 e. The molecule has 0 aromatic carbocycles. The van der Waals surface area contributed by atoms with Crippen LogP contribution in [0.25, 0.3) is 0 Å². The first-order chi connectivity index (χ1) is 8.68. The van der Waals surface area contributed by atoms with Crippen LogP contribution < -0.4 is 0 Å². The van der Waals surface area contributed by atoms with Gasteiger partial charge in [0.05, 0.1) is 6.04 Å². The molecule has 0 radical (unpaired) electrons. The van der Waals surface area contributed by atoms with Gasteiger partial charge in [-0.1, -0.05) is 6.92 Å². The van der Waals surface area contributed by atoms with E-state index >= 15 is 0 Å². The average molecular weight is 255 g/mol. The summed E-state index contributed by atoms with van der Waals surface area (Å²) in [6.07, 6.45) is 3.70. The van der Waals surface area contributed by atoms with Gasteiger partial charge in [-0.25, -0.2) is 4.39 Å². The first-order valence-electron chi connectivity index (χ1n) is 7.20. The minimum absolute atomic E-state index is 0.116. The molecular weight excluding hydrogens is 233 g/mol. The maximum atomic E-state index is 13.2. The smallest absolute Gasteiger partial charge is 0.226 e. The first-order valence-corrected chi connectivity index (χ1v) is 7.20. The third kappa shape index (κ3) is 2.04. The van der Waals surface area contributed by atoms with Gasteiger partial charge in [0.1, 0.15) is 6.17 Å². The summed E-state index contributed by atoms with van der Waals surface area (Å²) in [7, 11) is 0. The van der Waals surface area contributed by atoms with Gasteiger partial charge in [-0.3, -0.25) is 4.79 Å².